The molecule has 1 N–H and O–H groups in total. The predicted octanol–water partition coefficient (Wildman–Crippen LogP) is 4.53. The van der Waals surface area contributed by atoms with Crippen molar-refractivity contribution < 1.29 is 14.3 Å². The normalized spacial score (nSPS) is 13.6. The van der Waals surface area contributed by atoms with Crippen LogP contribution in [0.2, 0.25) is 0 Å². The van der Waals surface area contributed by atoms with Gasteiger partial charge in [-0.05, 0) is 53.0 Å². The smallest absolute Gasteiger partial charge is 0.341 e. The van der Waals surface area contributed by atoms with Crippen LogP contribution in [0.25, 0.3) is 16.5 Å². The molecule has 1 aromatic heterocycles. The number of esters is 1. The van der Waals surface area contributed by atoms with Gasteiger partial charge in [-0.1, -0.05) is 30.3 Å². The minimum atomic E-state index is -0.442. The first-order chi connectivity index (χ1) is 13.6. The summed E-state index contributed by atoms with van der Waals surface area (Å²) >= 11 is 3.44. The number of benzene rings is 2. The van der Waals surface area contributed by atoms with Crippen molar-refractivity contribution in [2.24, 2.45) is 0 Å². The Morgan fingerprint density at radius 3 is 2.68 bits per heavy atom. The second-order valence-corrected chi connectivity index (χ2v) is 7.37. The van der Waals surface area contributed by atoms with Crippen LogP contribution in [0.15, 0.2) is 59.2 Å². The van der Waals surface area contributed by atoms with E-state index in [9.17, 15) is 9.59 Å². The number of aromatic amines is 1. The molecular formula is C22H19BrN2O3. The highest BCUT2D eigenvalue weighted by atomic mass is 79.9. The van der Waals surface area contributed by atoms with Gasteiger partial charge in [0, 0.05) is 28.1 Å². The topological polar surface area (TPSA) is 62.4 Å². The Morgan fingerprint density at radius 2 is 1.89 bits per heavy atom. The van der Waals surface area contributed by atoms with Crippen LogP contribution in [-0.4, -0.2) is 34.9 Å². The minimum absolute atomic E-state index is 0.163. The fourth-order valence-corrected chi connectivity index (χ4v) is 3.97. The van der Waals surface area contributed by atoms with Crippen LogP contribution in [0.3, 0.4) is 0 Å². The first-order valence-electron chi connectivity index (χ1n) is 9.14. The third kappa shape index (κ3) is 3.24. The third-order valence-corrected chi connectivity index (χ3v) is 5.52. The molecule has 0 spiro atoms. The maximum absolute atomic E-state index is 13.1. The lowest BCUT2D eigenvalue weighted by Gasteiger charge is -2.18. The molecule has 0 atom stereocenters. The lowest BCUT2D eigenvalue weighted by atomic mass is 10.0. The third-order valence-electron chi connectivity index (χ3n) is 4.83. The Balaban J connectivity index is 1.81. The van der Waals surface area contributed by atoms with Crippen molar-refractivity contribution in [1.82, 2.24) is 9.88 Å². The number of rotatable bonds is 3. The highest BCUT2D eigenvalue weighted by Gasteiger charge is 2.28. The van der Waals surface area contributed by atoms with Crippen LogP contribution in [0.1, 0.15) is 28.5 Å². The molecule has 1 aliphatic heterocycles. The number of para-hydroxylation sites is 1. The number of aromatic nitrogens is 1. The van der Waals surface area contributed by atoms with Gasteiger partial charge in [0.15, 0.2) is 0 Å². The first-order valence-corrected chi connectivity index (χ1v) is 9.94. The summed E-state index contributed by atoms with van der Waals surface area (Å²) in [5, 5.41) is 1.06. The molecule has 0 radical (unpaired) electrons. The summed E-state index contributed by atoms with van der Waals surface area (Å²) < 4.78 is 5.99. The van der Waals surface area contributed by atoms with Crippen molar-refractivity contribution in [3.8, 4) is 0 Å². The van der Waals surface area contributed by atoms with E-state index in [0.29, 0.717) is 24.1 Å². The van der Waals surface area contributed by atoms with Gasteiger partial charge < -0.3 is 14.6 Å². The Kier molecular flexibility index (Phi) is 5.05. The summed E-state index contributed by atoms with van der Waals surface area (Å²) in [5.74, 6) is -0.606. The number of H-pyrrole nitrogens is 1. The molecular weight excluding hydrogens is 420 g/mol. The second kappa shape index (κ2) is 7.64. The van der Waals surface area contributed by atoms with Gasteiger partial charge in [0.05, 0.1) is 23.4 Å². The Bertz CT molecular complexity index is 1100. The molecule has 142 valence electrons. The van der Waals surface area contributed by atoms with Gasteiger partial charge in [-0.25, -0.2) is 4.79 Å². The lowest BCUT2D eigenvalue weighted by Crippen LogP contribution is -2.28. The monoisotopic (exact) mass is 438 g/mol. The Labute approximate surface area is 171 Å². The zero-order valence-electron chi connectivity index (χ0n) is 15.4. The summed E-state index contributed by atoms with van der Waals surface area (Å²) in [6.45, 7) is 2.51. The van der Waals surface area contributed by atoms with Gasteiger partial charge in [-0.2, -0.15) is 0 Å². The van der Waals surface area contributed by atoms with Gasteiger partial charge in [-0.3, -0.25) is 4.79 Å². The second-order valence-electron chi connectivity index (χ2n) is 6.52. The van der Waals surface area contributed by atoms with Crippen LogP contribution < -0.4 is 0 Å². The number of carbonyl (C=O) groups is 2. The van der Waals surface area contributed by atoms with Crippen molar-refractivity contribution in [2.45, 2.75) is 13.3 Å². The van der Waals surface area contributed by atoms with Crippen LogP contribution in [0.5, 0.6) is 0 Å². The number of hydrogen-bond donors (Lipinski definition) is 1. The molecule has 28 heavy (non-hydrogen) atoms. The van der Waals surface area contributed by atoms with Gasteiger partial charge in [0.1, 0.15) is 0 Å². The van der Waals surface area contributed by atoms with E-state index in [0.717, 1.165) is 26.6 Å². The molecule has 1 aliphatic rings. The fraction of sp³-hybridized carbons (Fsp3) is 0.182. The maximum atomic E-state index is 13.1. The number of amides is 1. The maximum Gasteiger partial charge on any atom is 0.341 e. The molecule has 2 aromatic carbocycles. The fourth-order valence-electron chi connectivity index (χ4n) is 3.52. The molecule has 0 fully saturated rings. The Morgan fingerprint density at radius 1 is 1.14 bits per heavy atom. The zero-order chi connectivity index (χ0) is 19.7. The highest BCUT2D eigenvalue weighted by molar-refractivity contribution is 9.10. The molecule has 0 saturated carbocycles. The number of hydrogen-bond acceptors (Lipinski definition) is 3. The standard InChI is InChI=1S/C22H19BrN2O3/c1-2-28-22(27)17-13-25(21(26)16-8-3-5-9-18(16)23)12-11-15-14-7-4-6-10-19(14)24-20(15)17/h3-10,13,24H,2,11-12H2,1H3. The molecule has 0 unspecified atom stereocenters. The van der Waals surface area contributed by atoms with Gasteiger partial charge in [0.2, 0.25) is 0 Å². The van der Waals surface area contributed by atoms with E-state index in [-0.39, 0.29) is 12.5 Å². The lowest BCUT2D eigenvalue weighted by molar-refractivity contribution is -0.136. The summed E-state index contributed by atoms with van der Waals surface area (Å²) in [6.07, 6.45) is 2.25. The van der Waals surface area contributed by atoms with Crippen LogP contribution in [0, 0.1) is 0 Å². The van der Waals surface area contributed by atoms with Gasteiger partial charge >= 0.3 is 5.97 Å². The molecule has 6 heteroatoms. The minimum Gasteiger partial charge on any atom is -0.462 e. The van der Waals surface area contributed by atoms with Gasteiger partial charge in [0.25, 0.3) is 5.91 Å². The average Bonchev–Trinajstić information content (AvgIpc) is 2.95. The zero-order valence-corrected chi connectivity index (χ0v) is 17.0. The first kappa shape index (κ1) is 18.5. The van der Waals surface area contributed by atoms with Crippen molar-refractivity contribution in [1.29, 1.82) is 0 Å². The number of fused-ring (bicyclic) bond motifs is 3. The van der Waals surface area contributed by atoms with Crippen molar-refractivity contribution in [3.63, 3.8) is 0 Å². The summed E-state index contributed by atoms with van der Waals surface area (Å²) in [6, 6.07) is 15.2. The number of nitrogens with one attached hydrogen (secondary N) is 1. The van der Waals surface area contributed by atoms with Crippen molar-refractivity contribution in [2.75, 3.05) is 13.2 Å². The van der Waals surface area contributed by atoms with E-state index in [1.165, 1.54) is 0 Å². The quantitative estimate of drug-likeness (QED) is 0.610. The van der Waals surface area contributed by atoms with Gasteiger partial charge in [-0.15, -0.1) is 0 Å². The predicted molar refractivity (Wildman–Crippen MR) is 112 cm³/mol. The van der Waals surface area contributed by atoms with E-state index in [2.05, 4.69) is 20.9 Å². The van der Waals surface area contributed by atoms with E-state index >= 15 is 0 Å². The molecule has 4 rings (SSSR count). The molecule has 0 saturated heterocycles. The summed E-state index contributed by atoms with van der Waals surface area (Å²) in [4.78, 5) is 30.8. The summed E-state index contributed by atoms with van der Waals surface area (Å²) in [7, 11) is 0. The molecule has 5 nitrogen and oxygen atoms in total. The highest BCUT2D eigenvalue weighted by Crippen LogP contribution is 2.32. The number of ether oxygens (including phenoxy) is 1. The van der Waals surface area contributed by atoms with Crippen molar-refractivity contribution in [3.05, 3.63) is 76.0 Å². The average molecular weight is 439 g/mol. The van der Waals surface area contributed by atoms with Crippen LogP contribution in [-0.2, 0) is 16.0 Å². The molecule has 1 amide bonds. The largest absolute Gasteiger partial charge is 0.462 e. The number of halogens is 1. The Hall–Kier alpha value is -2.86. The van der Waals surface area contributed by atoms with Crippen LogP contribution in [0.4, 0.5) is 0 Å². The van der Waals surface area contributed by atoms with E-state index in [4.69, 9.17) is 4.74 Å². The molecule has 2 heterocycles. The molecule has 0 bridgehead atoms. The van der Waals surface area contributed by atoms with Crippen LogP contribution >= 0.6 is 15.9 Å². The SMILES string of the molecule is CCOC(=O)C1=CN(C(=O)c2ccccc2Br)CCc2c1[nH]c1ccccc21. The van der Waals surface area contributed by atoms with E-state index in [1.54, 1.807) is 24.1 Å². The number of carbonyl (C=O) groups excluding carboxylic acids is 2. The van der Waals surface area contributed by atoms with Crippen molar-refractivity contribution >= 4 is 44.3 Å². The molecule has 0 aliphatic carbocycles. The summed E-state index contributed by atoms with van der Waals surface area (Å²) in [5.41, 5.74) is 3.64. The van der Waals surface area contributed by atoms with E-state index in [1.807, 2.05) is 42.5 Å². The molecule has 3 aromatic rings. The van der Waals surface area contributed by atoms with E-state index < -0.39 is 5.97 Å². The number of nitrogens with zero attached hydrogens (tertiary/aromatic N) is 1.